The molecule has 2 aromatic rings. The van der Waals surface area contributed by atoms with E-state index in [2.05, 4.69) is 39.1 Å². The molecule has 3 heterocycles. The van der Waals surface area contributed by atoms with E-state index in [9.17, 15) is 0 Å². The summed E-state index contributed by atoms with van der Waals surface area (Å²) in [6.07, 6.45) is 21.7. The first-order valence-electron chi connectivity index (χ1n) is 17.1. The molecule has 1 saturated heterocycles. The lowest BCUT2D eigenvalue weighted by atomic mass is 9.92. The maximum absolute atomic E-state index is 6.17. The fourth-order valence-electron chi connectivity index (χ4n) is 7.14. The van der Waals surface area contributed by atoms with E-state index in [0.29, 0.717) is 18.1 Å². The second kappa shape index (κ2) is 15.5. The van der Waals surface area contributed by atoms with Gasteiger partial charge in [-0.3, -0.25) is 0 Å². The van der Waals surface area contributed by atoms with Crippen molar-refractivity contribution in [3.8, 4) is 0 Å². The molecule has 0 bridgehead atoms. The van der Waals surface area contributed by atoms with Crippen LogP contribution in [0.1, 0.15) is 123 Å². The number of nitrogens with one attached hydrogen (secondary N) is 2. The van der Waals surface area contributed by atoms with Gasteiger partial charge in [0.05, 0.1) is 6.33 Å². The maximum atomic E-state index is 6.17. The van der Waals surface area contributed by atoms with Crippen molar-refractivity contribution in [1.82, 2.24) is 29.4 Å². The Kier molecular flexibility index (Phi) is 11.5. The van der Waals surface area contributed by atoms with Crippen LogP contribution in [0.5, 0.6) is 0 Å². The number of anilines is 2. The fraction of sp³-hybridized carbons (Fsp3) is 0.844. The Hall–Kier alpha value is -1.97. The van der Waals surface area contributed by atoms with Crippen molar-refractivity contribution in [3.05, 3.63) is 6.33 Å². The van der Waals surface area contributed by atoms with Crippen LogP contribution in [-0.4, -0.2) is 74.2 Å². The van der Waals surface area contributed by atoms with Crippen molar-refractivity contribution < 1.29 is 0 Å². The number of aromatic nitrogens is 4. The highest BCUT2D eigenvalue weighted by atomic mass is 15.5. The van der Waals surface area contributed by atoms with Crippen LogP contribution >= 0.6 is 0 Å². The predicted molar refractivity (Wildman–Crippen MR) is 170 cm³/mol. The second-order valence-corrected chi connectivity index (χ2v) is 13.1. The summed E-state index contributed by atoms with van der Waals surface area (Å²) < 4.78 is 2.31. The van der Waals surface area contributed by atoms with Crippen LogP contribution < -0.4 is 16.5 Å². The molecule has 2 saturated carbocycles. The number of rotatable bonds is 15. The zero-order valence-corrected chi connectivity index (χ0v) is 26.0. The lowest BCUT2D eigenvalue weighted by Gasteiger charge is -2.33. The van der Waals surface area contributed by atoms with Gasteiger partial charge in [0.15, 0.2) is 17.0 Å². The van der Waals surface area contributed by atoms with E-state index in [1.807, 2.05) is 6.33 Å². The summed E-state index contributed by atoms with van der Waals surface area (Å²) in [6.45, 7) is 10.5. The molecule has 1 aliphatic heterocycles. The third-order valence-electron chi connectivity index (χ3n) is 9.87. The largest absolute Gasteiger partial charge is 0.351 e. The smallest absolute Gasteiger partial charge is 0.227 e. The van der Waals surface area contributed by atoms with Crippen LogP contribution in [0.15, 0.2) is 6.33 Å². The first kappa shape index (κ1) is 30.5. The van der Waals surface area contributed by atoms with Crippen LogP contribution in [0.2, 0.25) is 0 Å². The number of nitrogens with two attached hydrogens (primary N) is 1. The topological polar surface area (TPSA) is 100 Å². The van der Waals surface area contributed by atoms with E-state index in [4.69, 9.17) is 20.7 Å². The number of hydrazine groups is 1. The molecule has 0 aromatic carbocycles. The minimum Gasteiger partial charge on any atom is -0.351 e. The number of fused-ring (bicyclic) bond motifs is 1. The summed E-state index contributed by atoms with van der Waals surface area (Å²) in [5.74, 6) is 2.41. The Bertz CT molecular complexity index is 1030. The molecule has 3 fully saturated rings. The van der Waals surface area contributed by atoms with Gasteiger partial charge < -0.3 is 25.9 Å². The molecular weight excluding hydrogens is 510 g/mol. The van der Waals surface area contributed by atoms with Crippen LogP contribution in [0.3, 0.4) is 0 Å². The van der Waals surface area contributed by atoms with Gasteiger partial charge >= 0.3 is 0 Å². The molecule has 3 aliphatic rings. The monoisotopic (exact) mass is 567 g/mol. The van der Waals surface area contributed by atoms with E-state index in [-0.39, 0.29) is 0 Å². The number of hydrogen-bond acceptors (Lipinski definition) is 8. The molecule has 2 aliphatic carbocycles. The van der Waals surface area contributed by atoms with E-state index in [1.54, 1.807) is 0 Å². The van der Waals surface area contributed by atoms with E-state index in [0.717, 1.165) is 67.6 Å². The third kappa shape index (κ3) is 8.54. The van der Waals surface area contributed by atoms with Gasteiger partial charge in [-0.05, 0) is 103 Å². The highest BCUT2D eigenvalue weighted by Gasteiger charge is 2.26. The quantitative estimate of drug-likeness (QED) is 0.229. The molecule has 4 N–H and O–H groups in total. The van der Waals surface area contributed by atoms with Crippen molar-refractivity contribution in [2.75, 3.05) is 43.5 Å². The van der Waals surface area contributed by atoms with E-state index in [1.165, 1.54) is 96.7 Å². The van der Waals surface area contributed by atoms with Crippen molar-refractivity contribution in [2.24, 2.45) is 11.7 Å². The SMILES string of the molecule is CCCCN(CCCC)CCCC1CCN(Nc2nc(N[C@H]3CC[C@H](N)CC3)nc3c2ncn3C2CCCC2)CC1. The summed E-state index contributed by atoms with van der Waals surface area (Å²) >= 11 is 0. The summed E-state index contributed by atoms with van der Waals surface area (Å²) in [6, 6.07) is 1.22. The molecule has 0 spiro atoms. The average Bonchev–Trinajstić information content (AvgIpc) is 3.67. The van der Waals surface area contributed by atoms with Gasteiger partial charge in [-0.2, -0.15) is 9.97 Å². The zero-order chi connectivity index (χ0) is 28.4. The third-order valence-corrected chi connectivity index (χ3v) is 9.87. The van der Waals surface area contributed by atoms with Crippen molar-refractivity contribution in [3.63, 3.8) is 0 Å². The Morgan fingerprint density at radius 3 is 2.24 bits per heavy atom. The number of imidazole rings is 1. The van der Waals surface area contributed by atoms with Gasteiger partial charge in [0.2, 0.25) is 5.95 Å². The molecule has 2 aromatic heterocycles. The van der Waals surface area contributed by atoms with Gasteiger partial charge in [-0.15, -0.1) is 0 Å². The van der Waals surface area contributed by atoms with Gasteiger partial charge in [0.1, 0.15) is 0 Å². The number of hydrogen-bond donors (Lipinski definition) is 3. The molecule has 230 valence electrons. The van der Waals surface area contributed by atoms with Gasteiger partial charge in [0, 0.05) is 31.2 Å². The highest BCUT2D eigenvalue weighted by Crippen LogP contribution is 2.34. The minimum atomic E-state index is 0.335. The standard InChI is InChI=1S/C32H57N9/c1-3-5-19-39(20-6-4-2)21-9-10-25-17-22-40(23-18-25)38-30-29-31(41(24-34-29)28-11-7-8-12-28)37-32(36-30)35-27-15-13-26(33)14-16-27/h24-28H,3-23,33H2,1-2H3,(H2,35,36,37,38)/t26-,27-. The molecule has 41 heavy (non-hydrogen) atoms. The lowest BCUT2D eigenvalue weighted by molar-refractivity contribution is 0.196. The summed E-state index contributed by atoms with van der Waals surface area (Å²) in [4.78, 5) is 17.6. The Morgan fingerprint density at radius 1 is 0.878 bits per heavy atom. The molecule has 0 radical (unpaired) electrons. The Morgan fingerprint density at radius 2 is 1.56 bits per heavy atom. The van der Waals surface area contributed by atoms with Gasteiger partial charge in [0.25, 0.3) is 0 Å². The second-order valence-electron chi connectivity index (χ2n) is 13.1. The molecule has 0 amide bonds. The molecule has 9 nitrogen and oxygen atoms in total. The van der Waals surface area contributed by atoms with Crippen LogP contribution in [0.25, 0.3) is 11.2 Å². The van der Waals surface area contributed by atoms with Crippen molar-refractivity contribution in [2.45, 2.75) is 135 Å². The molecular formula is C32H57N9. The first-order chi connectivity index (χ1) is 20.1. The Labute approximate surface area is 248 Å². The number of unbranched alkanes of at least 4 members (excludes halogenated alkanes) is 2. The number of nitrogens with zero attached hydrogens (tertiary/aromatic N) is 6. The average molecular weight is 568 g/mol. The van der Waals surface area contributed by atoms with E-state index < -0.39 is 0 Å². The zero-order valence-electron chi connectivity index (χ0n) is 26.0. The highest BCUT2D eigenvalue weighted by molar-refractivity contribution is 5.84. The van der Waals surface area contributed by atoms with E-state index >= 15 is 0 Å². The maximum Gasteiger partial charge on any atom is 0.227 e. The van der Waals surface area contributed by atoms with Crippen molar-refractivity contribution in [1.29, 1.82) is 0 Å². The summed E-state index contributed by atoms with van der Waals surface area (Å²) in [5, 5.41) is 6.03. The fourth-order valence-corrected chi connectivity index (χ4v) is 7.14. The molecule has 9 heteroatoms. The van der Waals surface area contributed by atoms with Crippen LogP contribution in [0.4, 0.5) is 11.8 Å². The molecule has 5 rings (SSSR count). The lowest BCUT2D eigenvalue weighted by Crippen LogP contribution is -2.38. The van der Waals surface area contributed by atoms with Crippen LogP contribution in [-0.2, 0) is 0 Å². The van der Waals surface area contributed by atoms with Crippen molar-refractivity contribution >= 4 is 22.9 Å². The summed E-state index contributed by atoms with van der Waals surface area (Å²) in [7, 11) is 0. The Balaban J connectivity index is 1.19. The number of piperidine rings is 1. The van der Waals surface area contributed by atoms with Gasteiger partial charge in [-0.1, -0.05) is 39.5 Å². The summed E-state index contributed by atoms with van der Waals surface area (Å²) in [5.41, 5.74) is 11.7. The molecule has 0 unspecified atom stereocenters. The predicted octanol–water partition coefficient (Wildman–Crippen LogP) is 6.34. The first-order valence-corrected chi connectivity index (χ1v) is 17.1. The van der Waals surface area contributed by atoms with Gasteiger partial charge in [-0.25, -0.2) is 9.99 Å². The van der Waals surface area contributed by atoms with Crippen LogP contribution in [0, 0.1) is 5.92 Å². The molecule has 0 atom stereocenters. The normalized spacial score (nSPS) is 23.1. The minimum absolute atomic E-state index is 0.335.